The summed E-state index contributed by atoms with van der Waals surface area (Å²) in [5, 5.41) is 0. The van der Waals surface area contributed by atoms with Crippen LogP contribution in [0.25, 0.3) is 0 Å². The molecule has 0 saturated heterocycles. The average molecular weight is 139 g/mol. The smallest absolute Gasteiger partial charge is 0.194 e. The molecule has 0 amide bonds. The first-order chi connectivity index (χ1) is 3.41. The highest BCUT2D eigenvalue weighted by molar-refractivity contribution is 7.56. The van der Waals surface area contributed by atoms with Gasteiger partial charge in [-0.15, -0.1) is 0 Å². The fourth-order valence-electron chi connectivity index (χ4n) is 0. The fourth-order valence-corrected chi connectivity index (χ4v) is 0. The van der Waals surface area contributed by atoms with Crippen LogP contribution in [0.4, 0.5) is 0 Å². The van der Waals surface area contributed by atoms with Gasteiger partial charge in [-0.2, -0.15) is 0 Å². The van der Waals surface area contributed by atoms with Crippen LogP contribution in [0.5, 0.6) is 0 Å². The van der Waals surface area contributed by atoms with Crippen molar-refractivity contribution in [2.24, 2.45) is 5.73 Å². The van der Waals surface area contributed by atoms with E-state index >= 15 is 0 Å². The Morgan fingerprint density at radius 1 is 1.62 bits per heavy atom. The van der Waals surface area contributed by atoms with Crippen molar-refractivity contribution in [3.63, 3.8) is 0 Å². The van der Waals surface area contributed by atoms with E-state index in [2.05, 4.69) is 0 Å². The van der Waals surface area contributed by atoms with Crippen LogP contribution < -0.4 is 5.73 Å². The zero-order chi connectivity index (χ0) is 7.21. The Labute approximate surface area is 50.4 Å². The molecule has 3 nitrogen and oxygen atoms in total. The maximum absolute atomic E-state index is 9.77. The summed E-state index contributed by atoms with van der Waals surface area (Å²) >= 11 is 0. The van der Waals surface area contributed by atoms with Gasteiger partial charge in [0.25, 0.3) is 0 Å². The minimum Gasteiger partial charge on any atom is -0.345 e. The van der Waals surface area contributed by atoms with Crippen molar-refractivity contribution in [2.75, 3.05) is 19.9 Å². The molecule has 0 aliphatic heterocycles. The number of hydrogen-bond acceptors (Lipinski definition) is 2. The van der Waals surface area contributed by atoms with Gasteiger partial charge in [-0.05, 0) is 6.54 Å². The Morgan fingerprint density at radius 2 is 1.62 bits per heavy atom. The molecule has 8 heavy (non-hydrogen) atoms. The molecule has 0 atom stereocenters. The fraction of sp³-hybridized carbons (Fsp3) is 1.00. The molecule has 0 heterocycles. The van der Waals surface area contributed by atoms with Crippen molar-refractivity contribution >= 4 is 7.37 Å². The second-order valence-corrected chi connectivity index (χ2v) is 4.29. The van der Waals surface area contributed by atoms with Crippen molar-refractivity contribution in [3.8, 4) is 0 Å². The molecule has 0 aliphatic carbocycles. The van der Waals surface area contributed by atoms with Crippen LogP contribution >= 0.6 is 7.37 Å². The minimum atomic E-state index is -2.64. The standard InChI is InChI=1S/C2H7N.C2H7O2P/c1-2-3;1-5(2,3)4/h2-3H2,1H3;1-2H3,(H,3,4). The van der Waals surface area contributed by atoms with Crippen molar-refractivity contribution in [1.29, 1.82) is 0 Å². The van der Waals surface area contributed by atoms with E-state index in [1.807, 2.05) is 6.92 Å². The number of hydrogen-bond donors (Lipinski definition) is 2. The minimum absolute atomic E-state index is 0.750. The van der Waals surface area contributed by atoms with Gasteiger partial charge in [0.1, 0.15) is 0 Å². The molecule has 0 spiro atoms. The van der Waals surface area contributed by atoms with Gasteiger partial charge >= 0.3 is 0 Å². The molecule has 0 aliphatic rings. The summed E-state index contributed by atoms with van der Waals surface area (Å²) in [6, 6.07) is 0. The third-order valence-electron chi connectivity index (χ3n) is 0. The summed E-state index contributed by atoms with van der Waals surface area (Å²) in [6.07, 6.45) is 0. The van der Waals surface area contributed by atoms with E-state index in [9.17, 15) is 4.57 Å². The SMILES string of the molecule is CCN.CP(C)(=O)O. The summed E-state index contributed by atoms with van der Waals surface area (Å²) in [6.45, 7) is 5.25. The van der Waals surface area contributed by atoms with Crippen LogP contribution in [-0.2, 0) is 4.57 Å². The predicted octanol–water partition coefficient (Wildman–Crippen LogP) is 0.481. The van der Waals surface area contributed by atoms with Crippen LogP contribution in [0.1, 0.15) is 6.92 Å². The number of nitrogens with two attached hydrogens (primary N) is 1. The molecule has 0 rings (SSSR count). The molecule has 0 aromatic carbocycles. The lowest BCUT2D eigenvalue weighted by Gasteiger charge is -1.86. The van der Waals surface area contributed by atoms with Crippen LogP contribution in [0.3, 0.4) is 0 Å². The Bertz CT molecular complexity index is 69.8. The zero-order valence-corrected chi connectivity index (χ0v) is 6.48. The second-order valence-electron chi connectivity index (χ2n) is 1.70. The summed E-state index contributed by atoms with van der Waals surface area (Å²) < 4.78 is 9.77. The van der Waals surface area contributed by atoms with E-state index in [-0.39, 0.29) is 0 Å². The molecular formula is C4H14NO2P. The van der Waals surface area contributed by atoms with Gasteiger partial charge in [-0.1, -0.05) is 6.92 Å². The highest BCUT2D eigenvalue weighted by Gasteiger charge is 1.92. The quantitative estimate of drug-likeness (QED) is 0.480. The van der Waals surface area contributed by atoms with Gasteiger partial charge in [0, 0.05) is 13.3 Å². The normalized spacial score (nSPS) is 9.62. The van der Waals surface area contributed by atoms with Crippen molar-refractivity contribution in [1.82, 2.24) is 0 Å². The molecule has 4 heteroatoms. The zero-order valence-electron chi connectivity index (χ0n) is 5.59. The van der Waals surface area contributed by atoms with E-state index in [0.29, 0.717) is 0 Å². The van der Waals surface area contributed by atoms with Gasteiger partial charge in [-0.3, -0.25) is 4.57 Å². The summed E-state index contributed by atoms with van der Waals surface area (Å²) in [4.78, 5) is 8.08. The van der Waals surface area contributed by atoms with E-state index in [1.54, 1.807) is 0 Å². The highest BCUT2D eigenvalue weighted by atomic mass is 31.2. The van der Waals surface area contributed by atoms with Gasteiger partial charge in [0.15, 0.2) is 7.37 Å². The van der Waals surface area contributed by atoms with E-state index in [4.69, 9.17) is 10.6 Å². The van der Waals surface area contributed by atoms with Gasteiger partial charge in [-0.25, -0.2) is 0 Å². The predicted molar refractivity (Wildman–Crippen MR) is 36.4 cm³/mol. The average Bonchev–Trinajstić information content (AvgIpc) is 1.27. The summed E-state index contributed by atoms with van der Waals surface area (Å²) in [5.74, 6) is 0. The summed E-state index contributed by atoms with van der Waals surface area (Å²) in [7, 11) is -2.64. The van der Waals surface area contributed by atoms with Crippen LogP contribution in [0, 0.1) is 0 Å². The lowest BCUT2D eigenvalue weighted by Crippen LogP contribution is -1.87. The van der Waals surface area contributed by atoms with Crippen molar-refractivity contribution in [2.45, 2.75) is 6.92 Å². The van der Waals surface area contributed by atoms with Crippen molar-refractivity contribution < 1.29 is 9.46 Å². The topological polar surface area (TPSA) is 63.3 Å². The maximum Gasteiger partial charge on any atom is 0.194 e. The number of rotatable bonds is 0. The Morgan fingerprint density at radius 3 is 1.62 bits per heavy atom. The lowest BCUT2D eigenvalue weighted by molar-refractivity contribution is 0.492. The molecule has 0 saturated carbocycles. The Kier molecular flexibility index (Phi) is 7.28. The molecule has 0 radical (unpaired) electrons. The first-order valence-corrected chi connectivity index (χ1v) is 4.95. The van der Waals surface area contributed by atoms with Crippen LogP contribution in [0.15, 0.2) is 0 Å². The molecule has 0 aromatic rings. The molecule has 3 N–H and O–H groups in total. The lowest BCUT2D eigenvalue weighted by atomic mass is 10.8. The molecule has 0 fully saturated rings. The maximum atomic E-state index is 9.77. The highest BCUT2D eigenvalue weighted by Crippen LogP contribution is 2.27. The largest absolute Gasteiger partial charge is 0.345 e. The first-order valence-electron chi connectivity index (χ1n) is 2.39. The Hall–Kier alpha value is 0.150. The van der Waals surface area contributed by atoms with Gasteiger partial charge < -0.3 is 10.6 Å². The third-order valence-corrected chi connectivity index (χ3v) is 0. The summed E-state index contributed by atoms with van der Waals surface area (Å²) in [5.41, 5.74) is 4.85. The molecule has 0 unspecified atom stereocenters. The monoisotopic (exact) mass is 139 g/mol. The molecule has 0 bridgehead atoms. The molecule has 0 aromatic heterocycles. The van der Waals surface area contributed by atoms with E-state index in [0.717, 1.165) is 6.54 Å². The van der Waals surface area contributed by atoms with E-state index < -0.39 is 7.37 Å². The second kappa shape index (κ2) is 5.29. The van der Waals surface area contributed by atoms with Gasteiger partial charge in [0.05, 0.1) is 0 Å². The van der Waals surface area contributed by atoms with Crippen LogP contribution in [0.2, 0.25) is 0 Å². The molecule has 52 valence electrons. The van der Waals surface area contributed by atoms with Crippen LogP contribution in [-0.4, -0.2) is 24.8 Å². The molecular weight excluding hydrogens is 125 g/mol. The Balaban J connectivity index is 0. The third kappa shape index (κ3) is 7250. The first kappa shape index (κ1) is 11.0. The van der Waals surface area contributed by atoms with Crippen molar-refractivity contribution in [3.05, 3.63) is 0 Å². The van der Waals surface area contributed by atoms with E-state index in [1.165, 1.54) is 13.3 Å². The van der Waals surface area contributed by atoms with Gasteiger partial charge in [0.2, 0.25) is 0 Å².